The Hall–Kier alpha value is -1.28. The van der Waals surface area contributed by atoms with Crippen LogP contribution >= 0.6 is 0 Å². The molecule has 2 nitrogen and oxygen atoms in total. The molecule has 0 aliphatic heterocycles. The molecule has 16 heavy (non-hydrogen) atoms. The summed E-state index contributed by atoms with van der Waals surface area (Å²) < 4.78 is 5.26. The minimum absolute atomic E-state index is 0.313. The predicted octanol–water partition coefficient (Wildman–Crippen LogP) is 2.93. The van der Waals surface area contributed by atoms with Crippen molar-refractivity contribution in [1.29, 1.82) is 0 Å². The van der Waals surface area contributed by atoms with Crippen molar-refractivity contribution in [3.05, 3.63) is 34.9 Å². The van der Waals surface area contributed by atoms with E-state index in [0.717, 1.165) is 35.3 Å². The molecule has 0 heterocycles. The number of allylic oxidation sites excluding steroid dienone is 1. The lowest BCUT2D eigenvalue weighted by Crippen LogP contribution is -2.04. The largest absolute Gasteiger partial charge is 0.497 e. The van der Waals surface area contributed by atoms with Gasteiger partial charge in [-0.15, -0.1) is 0 Å². The van der Waals surface area contributed by atoms with Gasteiger partial charge in [-0.05, 0) is 55.5 Å². The van der Waals surface area contributed by atoms with E-state index >= 15 is 0 Å². The summed E-state index contributed by atoms with van der Waals surface area (Å²) in [6.45, 7) is 4.14. The molecule has 0 saturated carbocycles. The molecule has 0 aromatic heterocycles. The molecule has 0 radical (unpaired) electrons. The Morgan fingerprint density at radius 2 is 2.00 bits per heavy atom. The van der Waals surface area contributed by atoms with Gasteiger partial charge in [-0.2, -0.15) is 0 Å². The molecule has 0 unspecified atom stereocenters. The highest BCUT2D eigenvalue weighted by Crippen LogP contribution is 2.35. The second-order valence-electron chi connectivity index (χ2n) is 4.49. The number of hydrogen-bond donors (Lipinski definition) is 1. The van der Waals surface area contributed by atoms with Crippen LogP contribution in [0, 0.1) is 6.92 Å². The standard InChI is InChI=1S/C14H18O2/c1-9-6-11(8-12(7-9)16-3)14-10(2)4-5-13(14)15/h6-8,13,15H,4-5H2,1-3H3/t13-/m0/s1. The van der Waals surface area contributed by atoms with Crippen molar-refractivity contribution in [2.24, 2.45) is 0 Å². The highest BCUT2D eigenvalue weighted by Gasteiger charge is 2.22. The Labute approximate surface area is 96.6 Å². The molecule has 1 atom stereocenters. The fourth-order valence-corrected chi connectivity index (χ4v) is 2.38. The van der Waals surface area contributed by atoms with E-state index in [4.69, 9.17) is 4.74 Å². The fourth-order valence-electron chi connectivity index (χ4n) is 2.38. The first kappa shape index (κ1) is 11.2. The summed E-state index contributed by atoms with van der Waals surface area (Å²) in [4.78, 5) is 0. The molecule has 0 saturated heterocycles. The molecule has 0 amide bonds. The Morgan fingerprint density at radius 3 is 2.56 bits per heavy atom. The lowest BCUT2D eigenvalue weighted by atomic mass is 9.99. The Morgan fingerprint density at radius 1 is 1.25 bits per heavy atom. The summed E-state index contributed by atoms with van der Waals surface area (Å²) in [5.74, 6) is 0.856. The Balaban J connectivity index is 2.47. The lowest BCUT2D eigenvalue weighted by Gasteiger charge is -2.12. The second kappa shape index (κ2) is 4.30. The average molecular weight is 218 g/mol. The van der Waals surface area contributed by atoms with Gasteiger partial charge in [0.1, 0.15) is 5.75 Å². The SMILES string of the molecule is COc1cc(C)cc(C2=C(C)CC[C@@H]2O)c1. The zero-order valence-corrected chi connectivity index (χ0v) is 10.1. The van der Waals surface area contributed by atoms with Gasteiger partial charge < -0.3 is 9.84 Å². The summed E-state index contributed by atoms with van der Waals surface area (Å²) in [6.07, 6.45) is 1.52. The summed E-state index contributed by atoms with van der Waals surface area (Å²) in [5, 5.41) is 9.97. The number of aliphatic hydroxyl groups excluding tert-OH is 1. The van der Waals surface area contributed by atoms with Crippen LogP contribution in [0.2, 0.25) is 0 Å². The highest BCUT2D eigenvalue weighted by molar-refractivity contribution is 5.74. The maximum atomic E-state index is 9.97. The van der Waals surface area contributed by atoms with E-state index < -0.39 is 0 Å². The third kappa shape index (κ3) is 1.98. The van der Waals surface area contributed by atoms with Crippen LogP contribution in [-0.4, -0.2) is 18.3 Å². The monoisotopic (exact) mass is 218 g/mol. The van der Waals surface area contributed by atoms with E-state index in [1.165, 1.54) is 5.57 Å². The van der Waals surface area contributed by atoms with E-state index in [1.807, 2.05) is 19.1 Å². The van der Waals surface area contributed by atoms with Gasteiger partial charge >= 0.3 is 0 Å². The molecule has 0 spiro atoms. The van der Waals surface area contributed by atoms with Crippen LogP contribution in [-0.2, 0) is 0 Å². The van der Waals surface area contributed by atoms with E-state index in [2.05, 4.69) is 13.0 Å². The van der Waals surface area contributed by atoms with Crippen molar-refractivity contribution in [2.75, 3.05) is 7.11 Å². The first-order chi connectivity index (χ1) is 7.61. The van der Waals surface area contributed by atoms with Crippen LogP contribution in [0.5, 0.6) is 5.75 Å². The zero-order valence-electron chi connectivity index (χ0n) is 10.1. The minimum Gasteiger partial charge on any atom is -0.497 e. The van der Waals surface area contributed by atoms with Crippen LogP contribution < -0.4 is 4.74 Å². The molecule has 86 valence electrons. The first-order valence-electron chi connectivity index (χ1n) is 5.65. The molecule has 1 aliphatic carbocycles. The van der Waals surface area contributed by atoms with Gasteiger partial charge in [-0.1, -0.05) is 11.6 Å². The highest BCUT2D eigenvalue weighted by atomic mass is 16.5. The average Bonchev–Trinajstić information content (AvgIpc) is 2.57. The van der Waals surface area contributed by atoms with Gasteiger partial charge in [0, 0.05) is 0 Å². The van der Waals surface area contributed by atoms with Gasteiger partial charge in [0.05, 0.1) is 13.2 Å². The molecule has 0 bridgehead atoms. The number of hydrogen-bond acceptors (Lipinski definition) is 2. The molecule has 2 heteroatoms. The third-order valence-corrected chi connectivity index (χ3v) is 3.18. The summed E-state index contributed by atoms with van der Waals surface area (Å²) in [7, 11) is 1.67. The second-order valence-corrected chi connectivity index (χ2v) is 4.49. The maximum absolute atomic E-state index is 9.97. The van der Waals surface area contributed by atoms with Crippen LogP contribution in [0.3, 0.4) is 0 Å². The third-order valence-electron chi connectivity index (χ3n) is 3.18. The molecule has 0 fully saturated rings. The molecule has 1 aromatic carbocycles. The number of methoxy groups -OCH3 is 1. The van der Waals surface area contributed by atoms with Gasteiger partial charge in [0.15, 0.2) is 0 Å². The van der Waals surface area contributed by atoms with Gasteiger partial charge in [0.2, 0.25) is 0 Å². The van der Waals surface area contributed by atoms with Crippen molar-refractivity contribution < 1.29 is 9.84 Å². The van der Waals surface area contributed by atoms with E-state index in [9.17, 15) is 5.11 Å². The predicted molar refractivity (Wildman–Crippen MR) is 65.6 cm³/mol. The molecule has 1 aromatic rings. The van der Waals surface area contributed by atoms with Crippen LogP contribution in [0.15, 0.2) is 23.8 Å². The number of aryl methyl sites for hydroxylation is 1. The molecular weight excluding hydrogens is 200 g/mol. The van der Waals surface area contributed by atoms with Gasteiger partial charge in [0.25, 0.3) is 0 Å². The van der Waals surface area contributed by atoms with Crippen molar-refractivity contribution in [2.45, 2.75) is 32.8 Å². The van der Waals surface area contributed by atoms with E-state index in [-0.39, 0.29) is 6.10 Å². The zero-order chi connectivity index (χ0) is 11.7. The maximum Gasteiger partial charge on any atom is 0.119 e. The molecule has 1 aliphatic rings. The number of ether oxygens (including phenoxy) is 1. The van der Waals surface area contributed by atoms with Crippen LogP contribution in [0.25, 0.3) is 5.57 Å². The summed E-state index contributed by atoms with van der Waals surface area (Å²) in [6, 6.07) is 6.11. The van der Waals surface area contributed by atoms with E-state index in [0.29, 0.717) is 0 Å². The smallest absolute Gasteiger partial charge is 0.119 e. The molecule has 1 N–H and O–H groups in total. The lowest BCUT2D eigenvalue weighted by molar-refractivity contribution is 0.231. The number of aliphatic hydroxyl groups is 1. The van der Waals surface area contributed by atoms with Gasteiger partial charge in [-0.3, -0.25) is 0 Å². The van der Waals surface area contributed by atoms with Crippen LogP contribution in [0.1, 0.15) is 30.9 Å². The van der Waals surface area contributed by atoms with Gasteiger partial charge in [-0.25, -0.2) is 0 Å². The molecule has 2 rings (SSSR count). The summed E-state index contributed by atoms with van der Waals surface area (Å²) >= 11 is 0. The van der Waals surface area contributed by atoms with E-state index in [1.54, 1.807) is 7.11 Å². The topological polar surface area (TPSA) is 29.5 Å². The molecular formula is C14H18O2. The fraction of sp³-hybridized carbons (Fsp3) is 0.429. The van der Waals surface area contributed by atoms with Crippen molar-refractivity contribution in [1.82, 2.24) is 0 Å². The Kier molecular flexibility index (Phi) is 3.01. The van der Waals surface area contributed by atoms with Crippen LogP contribution in [0.4, 0.5) is 0 Å². The van der Waals surface area contributed by atoms with Crippen molar-refractivity contribution >= 4 is 5.57 Å². The number of rotatable bonds is 2. The van der Waals surface area contributed by atoms with Crippen molar-refractivity contribution in [3.8, 4) is 5.75 Å². The quantitative estimate of drug-likeness (QED) is 0.827. The minimum atomic E-state index is -0.313. The van der Waals surface area contributed by atoms with Crippen molar-refractivity contribution in [3.63, 3.8) is 0 Å². The normalized spacial score (nSPS) is 20.4. The first-order valence-corrected chi connectivity index (χ1v) is 5.65. The Bertz CT molecular complexity index is 432. The number of benzene rings is 1. The summed E-state index contributed by atoms with van der Waals surface area (Å²) in [5.41, 5.74) is 4.63.